The molecule has 0 bridgehead atoms. The predicted molar refractivity (Wildman–Crippen MR) is 102 cm³/mol. The fourth-order valence-electron chi connectivity index (χ4n) is 2.92. The van der Waals surface area contributed by atoms with Gasteiger partial charge in [0.25, 0.3) is 0 Å². The third kappa shape index (κ3) is 4.45. The van der Waals surface area contributed by atoms with Crippen molar-refractivity contribution in [3.8, 4) is 11.5 Å². The standard InChI is InChI=1S/C21H17BrFN2O.BrH/c1-2-14-5-8-20-19(9-14)24-21(26-20)16-10-17(22)13-25(12-16)11-15-3-6-18(23)7-4-15;/h3-10,12-13H,2,11H2,1H3;1H/q+1;/p-1. The summed E-state index contributed by atoms with van der Waals surface area (Å²) in [4.78, 5) is 4.64. The van der Waals surface area contributed by atoms with E-state index >= 15 is 0 Å². The second-order valence-electron chi connectivity index (χ2n) is 6.22. The van der Waals surface area contributed by atoms with Crippen molar-refractivity contribution >= 4 is 27.0 Å². The minimum absolute atomic E-state index is 0. The largest absolute Gasteiger partial charge is 1.00 e. The van der Waals surface area contributed by atoms with Crippen LogP contribution in [0.2, 0.25) is 0 Å². The number of rotatable bonds is 4. The number of hydrogen-bond acceptors (Lipinski definition) is 2. The molecule has 0 saturated carbocycles. The average Bonchev–Trinajstić information content (AvgIpc) is 3.06. The van der Waals surface area contributed by atoms with E-state index in [0.29, 0.717) is 12.4 Å². The molecule has 0 aliphatic rings. The Bertz CT molecular complexity index is 1080. The minimum atomic E-state index is -0.230. The Hall–Kier alpha value is -2.05. The van der Waals surface area contributed by atoms with Gasteiger partial charge in [0.1, 0.15) is 16.9 Å². The number of benzene rings is 2. The Morgan fingerprint density at radius 1 is 1.04 bits per heavy atom. The van der Waals surface area contributed by atoms with Gasteiger partial charge in [-0.1, -0.05) is 13.0 Å². The highest BCUT2D eigenvalue weighted by Gasteiger charge is 2.15. The van der Waals surface area contributed by atoms with E-state index in [4.69, 9.17) is 4.42 Å². The summed E-state index contributed by atoms with van der Waals surface area (Å²) in [7, 11) is 0. The molecule has 0 aliphatic carbocycles. The zero-order valence-electron chi connectivity index (χ0n) is 14.6. The number of oxazole rings is 1. The van der Waals surface area contributed by atoms with Gasteiger partial charge in [0.05, 0.1) is 4.47 Å². The molecular formula is C21H17Br2FN2O. The smallest absolute Gasteiger partial charge is 0.233 e. The highest BCUT2D eigenvalue weighted by molar-refractivity contribution is 9.10. The van der Waals surface area contributed by atoms with Gasteiger partial charge < -0.3 is 21.4 Å². The molecule has 0 atom stereocenters. The van der Waals surface area contributed by atoms with Gasteiger partial charge in [-0.15, -0.1) is 0 Å². The molecule has 0 N–H and O–H groups in total. The Morgan fingerprint density at radius 3 is 2.52 bits per heavy atom. The quantitative estimate of drug-likeness (QED) is 0.410. The summed E-state index contributed by atoms with van der Waals surface area (Å²) in [5.74, 6) is 0.356. The molecule has 138 valence electrons. The predicted octanol–water partition coefficient (Wildman–Crippen LogP) is 2.30. The van der Waals surface area contributed by atoms with Crippen molar-refractivity contribution < 1.29 is 30.4 Å². The monoisotopic (exact) mass is 490 g/mol. The lowest BCUT2D eigenvalue weighted by atomic mass is 10.1. The highest BCUT2D eigenvalue weighted by Crippen LogP contribution is 2.26. The highest BCUT2D eigenvalue weighted by atomic mass is 79.9. The molecular weight excluding hydrogens is 475 g/mol. The van der Waals surface area contributed by atoms with Crippen LogP contribution in [0.5, 0.6) is 0 Å². The zero-order chi connectivity index (χ0) is 18.1. The van der Waals surface area contributed by atoms with E-state index in [1.54, 1.807) is 12.1 Å². The lowest BCUT2D eigenvalue weighted by molar-refractivity contribution is -0.688. The van der Waals surface area contributed by atoms with Gasteiger partial charge in [0.2, 0.25) is 5.89 Å². The summed E-state index contributed by atoms with van der Waals surface area (Å²) in [5.41, 5.74) is 4.78. The van der Waals surface area contributed by atoms with Crippen LogP contribution in [-0.2, 0) is 13.0 Å². The molecule has 0 amide bonds. The van der Waals surface area contributed by atoms with E-state index in [1.807, 2.05) is 29.1 Å². The Balaban J connectivity index is 0.00000210. The summed E-state index contributed by atoms with van der Waals surface area (Å²) in [6.07, 6.45) is 4.93. The number of nitrogens with zero attached hydrogens (tertiary/aromatic N) is 2. The molecule has 2 aromatic carbocycles. The molecule has 0 unspecified atom stereocenters. The third-order valence-corrected chi connectivity index (χ3v) is 4.71. The molecule has 2 aromatic heterocycles. The fraction of sp³-hybridized carbons (Fsp3) is 0.143. The summed E-state index contributed by atoms with van der Waals surface area (Å²) in [5, 5.41) is 0. The normalized spacial score (nSPS) is 10.8. The molecule has 6 heteroatoms. The summed E-state index contributed by atoms with van der Waals surface area (Å²) >= 11 is 3.55. The molecule has 0 spiro atoms. The number of hydrogen-bond donors (Lipinski definition) is 0. The van der Waals surface area contributed by atoms with Crippen LogP contribution >= 0.6 is 15.9 Å². The first-order chi connectivity index (χ1) is 12.6. The molecule has 0 radical (unpaired) electrons. The van der Waals surface area contributed by atoms with E-state index in [2.05, 4.69) is 40.0 Å². The van der Waals surface area contributed by atoms with Crippen LogP contribution in [0.1, 0.15) is 18.1 Å². The molecule has 4 rings (SSSR count). The van der Waals surface area contributed by atoms with Crippen molar-refractivity contribution in [1.82, 2.24) is 4.98 Å². The van der Waals surface area contributed by atoms with E-state index in [-0.39, 0.29) is 22.8 Å². The topological polar surface area (TPSA) is 29.9 Å². The Morgan fingerprint density at radius 2 is 1.78 bits per heavy atom. The van der Waals surface area contributed by atoms with Crippen molar-refractivity contribution in [3.05, 3.63) is 82.3 Å². The van der Waals surface area contributed by atoms with Crippen LogP contribution in [0.15, 0.2) is 69.8 Å². The van der Waals surface area contributed by atoms with Gasteiger partial charge in [-0.3, -0.25) is 0 Å². The number of aromatic nitrogens is 2. The molecule has 4 aromatic rings. The molecule has 2 heterocycles. The van der Waals surface area contributed by atoms with Crippen LogP contribution in [0.25, 0.3) is 22.6 Å². The third-order valence-electron chi connectivity index (χ3n) is 4.27. The molecule has 0 aliphatic heterocycles. The fourth-order valence-corrected chi connectivity index (χ4v) is 3.43. The first-order valence-corrected chi connectivity index (χ1v) is 9.24. The Labute approximate surface area is 175 Å². The van der Waals surface area contributed by atoms with Crippen molar-refractivity contribution in [2.24, 2.45) is 0 Å². The summed E-state index contributed by atoms with van der Waals surface area (Å²) < 4.78 is 22.0. The lowest BCUT2D eigenvalue weighted by Gasteiger charge is -2.01. The maximum atomic E-state index is 13.1. The van der Waals surface area contributed by atoms with Crippen molar-refractivity contribution in [2.45, 2.75) is 19.9 Å². The molecule has 0 saturated heterocycles. The first-order valence-electron chi connectivity index (χ1n) is 8.44. The van der Waals surface area contributed by atoms with Gasteiger partial charge in [0, 0.05) is 5.56 Å². The van der Waals surface area contributed by atoms with Crippen LogP contribution in [0.4, 0.5) is 4.39 Å². The van der Waals surface area contributed by atoms with Crippen molar-refractivity contribution in [3.63, 3.8) is 0 Å². The number of fused-ring (bicyclic) bond motifs is 1. The van der Waals surface area contributed by atoms with Crippen LogP contribution < -0.4 is 21.5 Å². The second kappa shape index (κ2) is 8.31. The zero-order valence-corrected chi connectivity index (χ0v) is 17.8. The van der Waals surface area contributed by atoms with E-state index < -0.39 is 0 Å². The maximum absolute atomic E-state index is 13.1. The SMILES string of the molecule is CCc1ccc2oc(-c3cc(Br)c[n+](Cc4ccc(F)cc4)c3)nc2c1.[Br-]. The number of aryl methyl sites for hydroxylation is 1. The first kappa shape index (κ1) is 19.7. The van der Waals surface area contributed by atoms with Gasteiger partial charge in [0.15, 0.2) is 24.5 Å². The van der Waals surface area contributed by atoms with Gasteiger partial charge in [-0.2, -0.15) is 4.57 Å². The van der Waals surface area contributed by atoms with Crippen molar-refractivity contribution in [2.75, 3.05) is 0 Å². The second-order valence-corrected chi connectivity index (χ2v) is 7.13. The van der Waals surface area contributed by atoms with E-state index in [0.717, 1.165) is 33.1 Å². The van der Waals surface area contributed by atoms with Crippen molar-refractivity contribution in [1.29, 1.82) is 0 Å². The van der Waals surface area contributed by atoms with Crippen LogP contribution in [-0.4, -0.2) is 4.98 Å². The number of halogens is 3. The minimum Gasteiger partial charge on any atom is -1.00 e. The molecule has 27 heavy (non-hydrogen) atoms. The van der Waals surface area contributed by atoms with E-state index in [1.165, 1.54) is 17.7 Å². The van der Waals surface area contributed by atoms with Gasteiger partial charge in [-0.25, -0.2) is 9.37 Å². The maximum Gasteiger partial charge on any atom is 0.233 e. The summed E-state index contributed by atoms with van der Waals surface area (Å²) in [6, 6.07) is 14.6. The molecule has 0 fully saturated rings. The average molecular weight is 492 g/mol. The van der Waals surface area contributed by atoms with Crippen LogP contribution in [0.3, 0.4) is 0 Å². The lowest BCUT2D eigenvalue weighted by Crippen LogP contribution is -3.00. The summed E-state index contributed by atoms with van der Waals surface area (Å²) in [6.45, 7) is 2.75. The van der Waals surface area contributed by atoms with E-state index in [9.17, 15) is 4.39 Å². The number of pyridine rings is 1. The van der Waals surface area contributed by atoms with Gasteiger partial charge in [-0.05, 0) is 70.4 Å². The Kier molecular flexibility index (Phi) is 6.07. The van der Waals surface area contributed by atoms with Crippen LogP contribution in [0, 0.1) is 5.82 Å². The van der Waals surface area contributed by atoms with Gasteiger partial charge >= 0.3 is 0 Å². The molecule has 3 nitrogen and oxygen atoms in total.